The minimum atomic E-state index is -0.650. The number of carbonyl (C=O) groups is 2. The van der Waals surface area contributed by atoms with Crippen LogP contribution in [-0.4, -0.2) is 28.2 Å². The van der Waals surface area contributed by atoms with Crippen LogP contribution in [0, 0.1) is 22.0 Å². The molecule has 0 N–H and O–H groups in total. The van der Waals surface area contributed by atoms with E-state index >= 15 is 0 Å². The van der Waals surface area contributed by atoms with E-state index in [9.17, 15) is 19.7 Å². The van der Waals surface area contributed by atoms with Gasteiger partial charge in [-0.1, -0.05) is 31.4 Å². The Morgan fingerprint density at radius 3 is 2.32 bits per heavy atom. The highest BCUT2D eigenvalue weighted by molar-refractivity contribution is 6.07. The summed E-state index contributed by atoms with van der Waals surface area (Å²) in [6.45, 7) is 0.545. The molecule has 1 aromatic carbocycles. The van der Waals surface area contributed by atoms with Gasteiger partial charge < -0.3 is 0 Å². The van der Waals surface area contributed by atoms with Crippen molar-refractivity contribution in [1.82, 2.24) is 4.90 Å². The van der Waals surface area contributed by atoms with Crippen LogP contribution in [0.5, 0.6) is 0 Å². The molecule has 6 heteroatoms. The summed E-state index contributed by atoms with van der Waals surface area (Å²) in [6.07, 6.45) is 6.87. The maximum atomic E-state index is 13.2. The van der Waals surface area contributed by atoms with Gasteiger partial charge in [-0.2, -0.15) is 0 Å². The predicted octanol–water partition coefficient (Wildman–Crippen LogP) is 3.19. The highest BCUT2D eigenvalue weighted by Gasteiger charge is 2.61. The topological polar surface area (TPSA) is 80.5 Å². The molecule has 2 saturated heterocycles. The average molecular weight is 342 g/mol. The Hall–Kier alpha value is -2.24. The van der Waals surface area contributed by atoms with Gasteiger partial charge in [-0.05, 0) is 37.2 Å². The van der Waals surface area contributed by atoms with Crippen molar-refractivity contribution in [1.29, 1.82) is 0 Å². The molecule has 2 heterocycles. The highest BCUT2D eigenvalue weighted by atomic mass is 16.6. The van der Waals surface area contributed by atoms with Gasteiger partial charge in [0.2, 0.25) is 11.8 Å². The van der Waals surface area contributed by atoms with Crippen molar-refractivity contribution in [3.63, 3.8) is 0 Å². The SMILES string of the molecule is O=C1C2CC(c3ccc([N+](=O)[O-])cc3)(C2)C(=O)N1CC1CCCCC1. The standard InChI is InChI=1S/C19H22N2O4/c22-17-14-10-19(11-14,15-6-8-16(9-7-15)21(24)25)18(23)20(17)12-13-4-2-1-3-5-13/h6-9,13-14H,1-5,10-12H2. The Labute approximate surface area is 146 Å². The van der Waals surface area contributed by atoms with Crippen LogP contribution in [0.25, 0.3) is 0 Å². The van der Waals surface area contributed by atoms with Crippen molar-refractivity contribution in [2.75, 3.05) is 6.54 Å². The van der Waals surface area contributed by atoms with Gasteiger partial charge in [0.05, 0.1) is 10.3 Å². The lowest BCUT2D eigenvalue weighted by Crippen LogP contribution is -2.66. The van der Waals surface area contributed by atoms with Gasteiger partial charge in [0.1, 0.15) is 0 Å². The fourth-order valence-corrected chi connectivity index (χ4v) is 4.77. The molecule has 0 aromatic heterocycles. The summed E-state index contributed by atoms with van der Waals surface area (Å²) in [5.41, 5.74) is 0.178. The maximum Gasteiger partial charge on any atom is 0.269 e. The molecule has 4 aliphatic rings. The van der Waals surface area contributed by atoms with Crippen LogP contribution in [0.4, 0.5) is 5.69 Å². The predicted molar refractivity (Wildman–Crippen MR) is 90.8 cm³/mol. The molecule has 132 valence electrons. The number of piperidine rings is 2. The summed E-state index contributed by atoms with van der Waals surface area (Å²) in [7, 11) is 0. The number of rotatable bonds is 4. The normalized spacial score (nSPS) is 29.4. The fraction of sp³-hybridized carbons (Fsp3) is 0.579. The number of benzene rings is 1. The molecule has 2 aliphatic heterocycles. The van der Waals surface area contributed by atoms with Crippen LogP contribution < -0.4 is 0 Å². The van der Waals surface area contributed by atoms with Gasteiger partial charge in [0.25, 0.3) is 5.69 Å². The molecule has 0 spiro atoms. The largest absolute Gasteiger partial charge is 0.281 e. The monoisotopic (exact) mass is 342 g/mol. The van der Waals surface area contributed by atoms with Crippen LogP contribution in [0.2, 0.25) is 0 Å². The van der Waals surface area contributed by atoms with Crippen LogP contribution in [0.1, 0.15) is 50.5 Å². The van der Waals surface area contributed by atoms with E-state index in [2.05, 4.69) is 0 Å². The van der Waals surface area contributed by atoms with E-state index < -0.39 is 10.3 Å². The summed E-state index contributed by atoms with van der Waals surface area (Å²) in [5.74, 6) is 0.239. The second kappa shape index (κ2) is 5.93. The van der Waals surface area contributed by atoms with Crippen molar-refractivity contribution in [2.45, 2.75) is 50.4 Å². The lowest BCUT2D eigenvalue weighted by molar-refractivity contribution is -0.384. The van der Waals surface area contributed by atoms with Crippen molar-refractivity contribution in [2.24, 2.45) is 11.8 Å². The van der Waals surface area contributed by atoms with Gasteiger partial charge in [-0.3, -0.25) is 24.6 Å². The van der Waals surface area contributed by atoms with E-state index in [0.29, 0.717) is 25.3 Å². The van der Waals surface area contributed by atoms with E-state index in [-0.39, 0.29) is 23.4 Å². The number of nitro groups is 1. The molecule has 25 heavy (non-hydrogen) atoms. The molecule has 0 unspecified atom stereocenters. The number of carbonyl (C=O) groups excluding carboxylic acids is 2. The van der Waals surface area contributed by atoms with Gasteiger partial charge >= 0.3 is 0 Å². The van der Waals surface area contributed by atoms with Gasteiger partial charge in [0.15, 0.2) is 0 Å². The second-order valence-electron chi connectivity index (χ2n) is 7.75. The van der Waals surface area contributed by atoms with Crippen molar-refractivity contribution in [3.05, 3.63) is 39.9 Å². The number of hydrogen-bond donors (Lipinski definition) is 0. The third-order valence-corrected chi connectivity index (χ3v) is 6.26. The smallest absolute Gasteiger partial charge is 0.269 e. The lowest BCUT2D eigenvalue weighted by atomic mass is 9.54. The third-order valence-electron chi connectivity index (χ3n) is 6.26. The summed E-state index contributed by atoms with van der Waals surface area (Å²) >= 11 is 0. The minimum Gasteiger partial charge on any atom is -0.281 e. The first-order chi connectivity index (χ1) is 12.0. The second-order valence-corrected chi connectivity index (χ2v) is 7.75. The molecule has 2 saturated carbocycles. The fourth-order valence-electron chi connectivity index (χ4n) is 4.77. The van der Waals surface area contributed by atoms with Crippen molar-refractivity contribution in [3.8, 4) is 0 Å². The highest BCUT2D eigenvalue weighted by Crippen LogP contribution is 2.53. The zero-order valence-corrected chi connectivity index (χ0v) is 14.1. The summed E-state index contributed by atoms with van der Waals surface area (Å²) in [6, 6.07) is 6.26. The summed E-state index contributed by atoms with van der Waals surface area (Å²) in [5, 5.41) is 10.8. The molecule has 2 bridgehead atoms. The van der Waals surface area contributed by atoms with E-state index in [1.54, 1.807) is 12.1 Å². The first kappa shape index (κ1) is 16.2. The summed E-state index contributed by atoms with van der Waals surface area (Å²) < 4.78 is 0. The summed E-state index contributed by atoms with van der Waals surface area (Å²) in [4.78, 5) is 37.6. The Kier molecular flexibility index (Phi) is 3.85. The Morgan fingerprint density at radius 2 is 1.72 bits per heavy atom. The van der Waals surface area contributed by atoms with E-state index in [1.807, 2.05) is 0 Å². The van der Waals surface area contributed by atoms with Gasteiger partial charge in [0, 0.05) is 24.6 Å². The zero-order chi connectivity index (χ0) is 17.6. The lowest BCUT2D eigenvalue weighted by Gasteiger charge is -2.54. The molecule has 2 amide bonds. The average Bonchev–Trinajstić information content (AvgIpc) is 2.58. The zero-order valence-electron chi connectivity index (χ0n) is 14.1. The van der Waals surface area contributed by atoms with Crippen molar-refractivity contribution < 1.29 is 14.5 Å². The van der Waals surface area contributed by atoms with E-state index in [0.717, 1.165) is 18.4 Å². The molecule has 0 atom stereocenters. The van der Waals surface area contributed by atoms with Crippen LogP contribution in [0.3, 0.4) is 0 Å². The minimum absolute atomic E-state index is 0.0145. The molecule has 2 aliphatic carbocycles. The number of non-ortho nitro benzene ring substituents is 1. The molecular formula is C19H22N2O4. The molecule has 5 rings (SSSR count). The van der Waals surface area contributed by atoms with Crippen LogP contribution >= 0.6 is 0 Å². The van der Waals surface area contributed by atoms with Crippen LogP contribution in [0.15, 0.2) is 24.3 Å². The number of nitro benzene ring substituents is 1. The van der Waals surface area contributed by atoms with E-state index in [4.69, 9.17) is 0 Å². The number of nitrogens with zero attached hydrogens (tertiary/aromatic N) is 2. The third kappa shape index (κ3) is 2.55. The van der Waals surface area contributed by atoms with Gasteiger partial charge in [-0.25, -0.2) is 0 Å². The van der Waals surface area contributed by atoms with Crippen LogP contribution in [-0.2, 0) is 15.0 Å². The number of imide groups is 1. The Balaban J connectivity index is 1.57. The number of fused-ring (bicyclic) bond motifs is 2. The first-order valence-electron chi connectivity index (χ1n) is 9.12. The Morgan fingerprint density at radius 1 is 1.08 bits per heavy atom. The van der Waals surface area contributed by atoms with Gasteiger partial charge in [-0.15, -0.1) is 0 Å². The molecule has 6 nitrogen and oxygen atoms in total. The Bertz CT molecular complexity index is 715. The number of amides is 2. The first-order valence-corrected chi connectivity index (χ1v) is 9.12. The molecule has 4 fully saturated rings. The molecular weight excluding hydrogens is 320 g/mol. The quantitative estimate of drug-likeness (QED) is 0.478. The maximum absolute atomic E-state index is 13.2. The molecule has 1 aromatic rings. The van der Waals surface area contributed by atoms with E-state index in [1.165, 1.54) is 36.3 Å². The van der Waals surface area contributed by atoms with Crippen molar-refractivity contribution >= 4 is 17.5 Å². The number of hydrogen-bond acceptors (Lipinski definition) is 4. The molecule has 0 radical (unpaired) electrons.